The maximum absolute atomic E-state index is 10.9. The zero-order chi connectivity index (χ0) is 15.3. The highest BCUT2D eigenvalue weighted by molar-refractivity contribution is 6.33. The van der Waals surface area contributed by atoms with Crippen LogP contribution in [-0.2, 0) is 9.53 Å². The topological polar surface area (TPSA) is 92.9 Å². The number of aryl methyl sites for hydroxylation is 1. The largest absolute Gasteiger partial charge is 0.480 e. The Kier molecular flexibility index (Phi) is 5.72. The van der Waals surface area contributed by atoms with Crippen molar-refractivity contribution in [2.24, 2.45) is 0 Å². The van der Waals surface area contributed by atoms with E-state index in [9.17, 15) is 14.9 Å². The first-order chi connectivity index (χ1) is 9.36. The molecule has 1 aromatic carbocycles. The van der Waals surface area contributed by atoms with Crippen LogP contribution in [0.3, 0.4) is 0 Å². The van der Waals surface area contributed by atoms with Crippen molar-refractivity contribution in [2.45, 2.75) is 6.92 Å². The molecule has 1 aromatic rings. The molecule has 0 saturated carbocycles. The van der Waals surface area contributed by atoms with Crippen LogP contribution in [0.4, 0.5) is 11.4 Å². The molecule has 0 fully saturated rings. The number of halogens is 1. The summed E-state index contributed by atoms with van der Waals surface area (Å²) in [6, 6.07) is 2.74. The van der Waals surface area contributed by atoms with E-state index in [0.717, 1.165) is 0 Å². The molecule has 0 aromatic heterocycles. The van der Waals surface area contributed by atoms with Gasteiger partial charge in [-0.15, -0.1) is 0 Å². The predicted molar refractivity (Wildman–Crippen MR) is 74.6 cm³/mol. The standard InChI is InChI=1S/C12H15ClN2O5/c1-8-5-11(15(18)19)9(13)6-10(8)14(3-4-20-2)7-12(16)17/h5-6H,3-4,7H2,1-2H3,(H,16,17). The predicted octanol–water partition coefficient (Wildman–Crippen LogP) is 2.09. The fourth-order valence-electron chi connectivity index (χ4n) is 1.79. The van der Waals surface area contributed by atoms with Gasteiger partial charge in [-0.2, -0.15) is 0 Å². The van der Waals surface area contributed by atoms with E-state index in [4.69, 9.17) is 21.4 Å². The van der Waals surface area contributed by atoms with E-state index in [1.54, 1.807) is 11.8 Å². The zero-order valence-corrected chi connectivity index (χ0v) is 11.9. The average molecular weight is 303 g/mol. The minimum absolute atomic E-state index is 0.0246. The molecular weight excluding hydrogens is 288 g/mol. The number of carboxylic acids is 1. The van der Waals surface area contributed by atoms with Crippen LogP contribution in [0.5, 0.6) is 0 Å². The third-order valence-corrected chi connectivity index (χ3v) is 3.00. The second-order valence-electron chi connectivity index (χ2n) is 4.16. The Labute approximate surface area is 120 Å². The number of benzene rings is 1. The molecule has 0 heterocycles. The summed E-state index contributed by atoms with van der Waals surface area (Å²) in [7, 11) is 1.51. The normalized spacial score (nSPS) is 10.3. The molecule has 0 radical (unpaired) electrons. The number of rotatable bonds is 7. The number of hydrogen-bond acceptors (Lipinski definition) is 5. The first-order valence-corrected chi connectivity index (χ1v) is 6.14. The fraction of sp³-hybridized carbons (Fsp3) is 0.417. The van der Waals surface area contributed by atoms with Crippen molar-refractivity contribution < 1.29 is 19.6 Å². The van der Waals surface area contributed by atoms with E-state index >= 15 is 0 Å². The lowest BCUT2D eigenvalue weighted by molar-refractivity contribution is -0.384. The molecule has 1 rings (SSSR count). The van der Waals surface area contributed by atoms with Gasteiger partial charge in [0.25, 0.3) is 5.69 Å². The van der Waals surface area contributed by atoms with Crippen molar-refractivity contribution in [3.05, 3.63) is 32.8 Å². The Balaban J connectivity index is 3.15. The fourth-order valence-corrected chi connectivity index (χ4v) is 2.01. The Morgan fingerprint density at radius 1 is 1.55 bits per heavy atom. The van der Waals surface area contributed by atoms with Crippen LogP contribution in [0.25, 0.3) is 0 Å². The molecule has 0 bridgehead atoms. The number of carbonyl (C=O) groups is 1. The lowest BCUT2D eigenvalue weighted by atomic mass is 10.1. The van der Waals surface area contributed by atoms with Crippen molar-refractivity contribution in [3.63, 3.8) is 0 Å². The van der Waals surface area contributed by atoms with Gasteiger partial charge < -0.3 is 14.7 Å². The van der Waals surface area contributed by atoms with E-state index < -0.39 is 10.9 Å². The summed E-state index contributed by atoms with van der Waals surface area (Å²) in [6.45, 7) is 2.11. The SMILES string of the molecule is COCCN(CC(=O)O)c1cc(Cl)c([N+](=O)[O-])cc1C. The summed E-state index contributed by atoms with van der Waals surface area (Å²) in [5, 5.41) is 19.7. The van der Waals surface area contributed by atoms with Gasteiger partial charge in [-0.25, -0.2) is 0 Å². The zero-order valence-electron chi connectivity index (χ0n) is 11.1. The Morgan fingerprint density at radius 3 is 2.70 bits per heavy atom. The van der Waals surface area contributed by atoms with Gasteiger partial charge >= 0.3 is 5.97 Å². The van der Waals surface area contributed by atoms with Gasteiger partial charge in [0.1, 0.15) is 11.6 Å². The van der Waals surface area contributed by atoms with Gasteiger partial charge in [0.2, 0.25) is 0 Å². The van der Waals surface area contributed by atoms with Crippen LogP contribution in [0.1, 0.15) is 5.56 Å². The first-order valence-electron chi connectivity index (χ1n) is 5.77. The first kappa shape index (κ1) is 16.2. The van der Waals surface area contributed by atoms with E-state index in [1.807, 2.05) is 0 Å². The van der Waals surface area contributed by atoms with Crippen molar-refractivity contribution in [1.29, 1.82) is 0 Å². The highest BCUT2D eigenvalue weighted by atomic mass is 35.5. The highest BCUT2D eigenvalue weighted by Gasteiger charge is 2.19. The van der Waals surface area contributed by atoms with Gasteiger partial charge in [-0.05, 0) is 18.6 Å². The van der Waals surface area contributed by atoms with Gasteiger partial charge in [-0.3, -0.25) is 14.9 Å². The highest BCUT2D eigenvalue weighted by Crippen LogP contribution is 2.32. The molecule has 0 atom stereocenters. The summed E-state index contributed by atoms with van der Waals surface area (Å²) < 4.78 is 4.93. The number of carboxylic acid groups (broad SMARTS) is 1. The molecule has 0 aliphatic carbocycles. The number of methoxy groups -OCH3 is 1. The summed E-state index contributed by atoms with van der Waals surface area (Å²) >= 11 is 5.86. The van der Waals surface area contributed by atoms with E-state index in [-0.39, 0.29) is 17.3 Å². The average Bonchev–Trinajstić information content (AvgIpc) is 2.36. The molecule has 110 valence electrons. The number of nitro benzene ring substituents is 1. The third kappa shape index (κ3) is 4.07. The molecular formula is C12H15ClN2O5. The van der Waals surface area contributed by atoms with Crippen LogP contribution < -0.4 is 4.90 Å². The number of nitro groups is 1. The molecule has 0 aliphatic rings. The molecule has 0 amide bonds. The number of aliphatic carboxylic acids is 1. The van der Waals surface area contributed by atoms with Crippen molar-refractivity contribution >= 4 is 28.9 Å². The third-order valence-electron chi connectivity index (χ3n) is 2.69. The van der Waals surface area contributed by atoms with Crippen LogP contribution in [0, 0.1) is 17.0 Å². The van der Waals surface area contributed by atoms with Gasteiger partial charge in [-0.1, -0.05) is 11.6 Å². The van der Waals surface area contributed by atoms with E-state index in [0.29, 0.717) is 24.4 Å². The quantitative estimate of drug-likeness (QED) is 0.612. The van der Waals surface area contributed by atoms with Gasteiger partial charge in [0, 0.05) is 25.4 Å². The van der Waals surface area contributed by atoms with Gasteiger partial charge in [0.15, 0.2) is 0 Å². The van der Waals surface area contributed by atoms with Crippen molar-refractivity contribution in [2.75, 3.05) is 31.7 Å². The number of anilines is 1. The second-order valence-corrected chi connectivity index (χ2v) is 4.56. The number of nitrogens with zero attached hydrogens (tertiary/aromatic N) is 2. The summed E-state index contributed by atoms with van der Waals surface area (Å²) in [4.78, 5) is 22.7. The number of ether oxygens (including phenoxy) is 1. The second kappa shape index (κ2) is 7.06. The molecule has 0 unspecified atom stereocenters. The molecule has 1 N–H and O–H groups in total. The minimum Gasteiger partial charge on any atom is -0.480 e. The maximum Gasteiger partial charge on any atom is 0.323 e. The lowest BCUT2D eigenvalue weighted by Gasteiger charge is -2.24. The summed E-state index contributed by atoms with van der Waals surface area (Å²) in [6.07, 6.45) is 0. The summed E-state index contributed by atoms with van der Waals surface area (Å²) in [5.74, 6) is -1.00. The van der Waals surface area contributed by atoms with Crippen LogP contribution in [0.2, 0.25) is 5.02 Å². The Bertz CT molecular complexity index is 521. The molecule has 0 spiro atoms. The Hall–Kier alpha value is -1.86. The molecule has 0 aliphatic heterocycles. The lowest BCUT2D eigenvalue weighted by Crippen LogP contribution is -2.33. The van der Waals surface area contributed by atoms with Crippen LogP contribution in [-0.4, -0.2) is 42.8 Å². The maximum atomic E-state index is 10.9. The summed E-state index contributed by atoms with van der Waals surface area (Å²) in [5.41, 5.74) is 0.924. The smallest absolute Gasteiger partial charge is 0.323 e. The molecule has 8 heteroatoms. The monoisotopic (exact) mass is 302 g/mol. The minimum atomic E-state index is -1.00. The van der Waals surface area contributed by atoms with Gasteiger partial charge in [0.05, 0.1) is 11.5 Å². The van der Waals surface area contributed by atoms with Crippen LogP contribution in [0.15, 0.2) is 12.1 Å². The van der Waals surface area contributed by atoms with Crippen molar-refractivity contribution in [3.8, 4) is 0 Å². The van der Waals surface area contributed by atoms with Crippen LogP contribution >= 0.6 is 11.6 Å². The molecule has 20 heavy (non-hydrogen) atoms. The Morgan fingerprint density at radius 2 is 2.20 bits per heavy atom. The molecule has 7 nitrogen and oxygen atoms in total. The number of hydrogen-bond donors (Lipinski definition) is 1. The van der Waals surface area contributed by atoms with Crippen molar-refractivity contribution in [1.82, 2.24) is 0 Å². The molecule has 0 saturated heterocycles. The van der Waals surface area contributed by atoms with E-state index in [1.165, 1.54) is 19.2 Å². The van der Waals surface area contributed by atoms with E-state index in [2.05, 4.69) is 0 Å².